The lowest BCUT2D eigenvalue weighted by Crippen LogP contribution is -2.41. The molecular formula is C17H28N2. The molecule has 0 heterocycles. The van der Waals surface area contributed by atoms with E-state index in [0.717, 1.165) is 19.6 Å². The second-order valence-electron chi connectivity index (χ2n) is 5.70. The SMILES string of the molecule is CCN(CC)CC(C)NC1CCCc2ccccc21. The van der Waals surface area contributed by atoms with Crippen LogP contribution in [0.4, 0.5) is 0 Å². The first-order valence-corrected chi connectivity index (χ1v) is 7.80. The predicted octanol–water partition coefficient (Wildman–Crippen LogP) is 3.38. The van der Waals surface area contributed by atoms with Gasteiger partial charge < -0.3 is 10.2 Å². The van der Waals surface area contributed by atoms with Crippen molar-refractivity contribution in [1.82, 2.24) is 10.2 Å². The molecule has 0 saturated carbocycles. The monoisotopic (exact) mass is 260 g/mol. The molecule has 0 saturated heterocycles. The van der Waals surface area contributed by atoms with Gasteiger partial charge in [-0.1, -0.05) is 38.1 Å². The minimum absolute atomic E-state index is 0.551. The van der Waals surface area contributed by atoms with Crippen LogP contribution in [-0.4, -0.2) is 30.6 Å². The molecule has 0 aliphatic heterocycles. The van der Waals surface area contributed by atoms with Crippen molar-refractivity contribution in [1.29, 1.82) is 0 Å². The number of fused-ring (bicyclic) bond motifs is 1. The Morgan fingerprint density at radius 2 is 2.00 bits per heavy atom. The zero-order valence-electron chi connectivity index (χ0n) is 12.7. The fourth-order valence-corrected chi connectivity index (χ4v) is 3.19. The van der Waals surface area contributed by atoms with Crippen LogP contribution in [0.25, 0.3) is 0 Å². The minimum atomic E-state index is 0.551. The first-order valence-electron chi connectivity index (χ1n) is 7.80. The van der Waals surface area contributed by atoms with Gasteiger partial charge in [0.2, 0.25) is 0 Å². The van der Waals surface area contributed by atoms with E-state index in [1.54, 1.807) is 5.56 Å². The van der Waals surface area contributed by atoms with Crippen LogP contribution in [0.2, 0.25) is 0 Å². The van der Waals surface area contributed by atoms with Crippen molar-refractivity contribution in [2.45, 2.75) is 52.1 Å². The highest BCUT2D eigenvalue weighted by atomic mass is 15.1. The normalized spacial score (nSPS) is 20.3. The van der Waals surface area contributed by atoms with E-state index in [0.29, 0.717) is 12.1 Å². The predicted molar refractivity (Wildman–Crippen MR) is 82.5 cm³/mol. The molecule has 0 bridgehead atoms. The number of nitrogens with one attached hydrogen (secondary N) is 1. The lowest BCUT2D eigenvalue weighted by Gasteiger charge is -2.31. The molecule has 2 nitrogen and oxygen atoms in total. The average molecular weight is 260 g/mol. The molecule has 1 aliphatic carbocycles. The maximum Gasteiger partial charge on any atom is 0.0325 e. The van der Waals surface area contributed by atoms with Crippen LogP contribution >= 0.6 is 0 Å². The smallest absolute Gasteiger partial charge is 0.0325 e. The van der Waals surface area contributed by atoms with Gasteiger partial charge in [0.1, 0.15) is 0 Å². The third-order valence-electron chi connectivity index (χ3n) is 4.28. The fourth-order valence-electron chi connectivity index (χ4n) is 3.19. The number of likely N-dealkylation sites (N-methyl/N-ethyl adjacent to an activating group) is 1. The van der Waals surface area contributed by atoms with Gasteiger partial charge in [-0.3, -0.25) is 0 Å². The van der Waals surface area contributed by atoms with Crippen LogP contribution in [0.1, 0.15) is 50.8 Å². The van der Waals surface area contributed by atoms with Crippen molar-refractivity contribution in [3.63, 3.8) is 0 Å². The molecule has 2 rings (SSSR count). The van der Waals surface area contributed by atoms with Crippen molar-refractivity contribution in [3.05, 3.63) is 35.4 Å². The van der Waals surface area contributed by atoms with Gasteiger partial charge in [0.15, 0.2) is 0 Å². The second-order valence-corrected chi connectivity index (χ2v) is 5.70. The number of rotatable bonds is 6. The molecular weight excluding hydrogens is 232 g/mol. The van der Waals surface area contributed by atoms with Crippen LogP contribution in [0.3, 0.4) is 0 Å². The maximum atomic E-state index is 3.83. The van der Waals surface area contributed by atoms with E-state index in [4.69, 9.17) is 0 Å². The van der Waals surface area contributed by atoms with Crippen molar-refractivity contribution >= 4 is 0 Å². The van der Waals surface area contributed by atoms with E-state index < -0.39 is 0 Å². The van der Waals surface area contributed by atoms with Crippen LogP contribution in [0.5, 0.6) is 0 Å². The van der Waals surface area contributed by atoms with Crippen LogP contribution < -0.4 is 5.32 Å². The Hall–Kier alpha value is -0.860. The quantitative estimate of drug-likeness (QED) is 0.843. The Bertz CT molecular complexity index is 385. The van der Waals surface area contributed by atoms with E-state index in [1.807, 2.05) is 0 Å². The molecule has 2 heteroatoms. The Labute approximate surface area is 118 Å². The summed E-state index contributed by atoms with van der Waals surface area (Å²) in [5.41, 5.74) is 3.07. The molecule has 1 N–H and O–H groups in total. The molecule has 0 aromatic heterocycles. The minimum Gasteiger partial charge on any atom is -0.306 e. The van der Waals surface area contributed by atoms with Gasteiger partial charge >= 0.3 is 0 Å². The lowest BCUT2D eigenvalue weighted by molar-refractivity contribution is 0.257. The van der Waals surface area contributed by atoms with Crippen molar-refractivity contribution in [3.8, 4) is 0 Å². The molecule has 0 fully saturated rings. The van der Waals surface area contributed by atoms with E-state index in [2.05, 4.69) is 55.3 Å². The summed E-state index contributed by atoms with van der Waals surface area (Å²) >= 11 is 0. The molecule has 2 unspecified atom stereocenters. The number of hydrogen-bond donors (Lipinski definition) is 1. The van der Waals surface area contributed by atoms with Gasteiger partial charge in [-0.15, -0.1) is 0 Å². The van der Waals surface area contributed by atoms with E-state index in [-0.39, 0.29) is 0 Å². The topological polar surface area (TPSA) is 15.3 Å². The Morgan fingerprint density at radius 1 is 1.26 bits per heavy atom. The largest absolute Gasteiger partial charge is 0.306 e. The maximum absolute atomic E-state index is 3.83. The van der Waals surface area contributed by atoms with Crippen LogP contribution in [0, 0.1) is 0 Å². The highest BCUT2D eigenvalue weighted by Crippen LogP contribution is 2.29. The Kier molecular flexibility index (Phi) is 5.41. The summed E-state index contributed by atoms with van der Waals surface area (Å²) in [6, 6.07) is 10.0. The Morgan fingerprint density at radius 3 is 2.74 bits per heavy atom. The third-order valence-corrected chi connectivity index (χ3v) is 4.28. The molecule has 1 aromatic rings. The molecule has 1 aromatic carbocycles. The molecule has 19 heavy (non-hydrogen) atoms. The molecule has 0 radical (unpaired) electrons. The number of aryl methyl sites for hydroxylation is 1. The van der Waals surface area contributed by atoms with E-state index >= 15 is 0 Å². The van der Waals surface area contributed by atoms with E-state index in [9.17, 15) is 0 Å². The van der Waals surface area contributed by atoms with E-state index in [1.165, 1.54) is 24.8 Å². The van der Waals surface area contributed by atoms with Crippen molar-refractivity contribution in [2.24, 2.45) is 0 Å². The lowest BCUT2D eigenvalue weighted by atomic mass is 9.87. The first kappa shape index (κ1) is 14.5. The molecule has 2 atom stereocenters. The van der Waals surface area contributed by atoms with Gasteiger partial charge in [0, 0.05) is 18.6 Å². The third kappa shape index (κ3) is 3.80. The summed E-state index contributed by atoms with van der Waals surface area (Å²) in [5.74, 6) is 0. The van der Waals surface area contributed by atoms with Gasteiger partial charge in [-0.05, 0) is 50.4 Å². The summed E-state index contributed by atoms with van der Waals surface area (Å²) in [4.78, 5) is 2.49. The average Bonchev–Trinajstić information content (AvgIpc) is 2.45. The summed E-state index contributed by atoms with van der Waals surface area (Å²) in [6.45, 7) is 10.2. The van der Waals surface area contributed by atoms with Gasteiger partial charge in [-0.2, -0.15) is 0 Å². The van der Waals surface area contributed by atoms with Crippen LogP contribution in [-0.2, 0) is 6.42 Å². The van der Waals surface area contributed by atoms with Gasteiger partial charge in [0.25, 0.3) is 0 Å². The summed E-state index contributed by atoms with van der Waals surface area (Å²) in [7, 11) is 0. The molecule has 1 aliphatic rings. The second kappa shape index (κ2) is 7.06. The summed E-state index contributed by atoms with van der Waals surface area (Å²) in [6.07, 6.45) is 3.84. The molecule has 0 amide bonds. The van der Waals surface area contributed by atoms with Gasteiger partial charge in [0.05, 0.1) is 0 Å². The number of nitrogens with zero attached hydrogens (tertiary/aromatic N) is 1. The number of hydrogen-bond acceptors (Lipinski definition) is 2. The zero-order chi connectivity index (χ0) is 13.7. The highest BCUT2D eigenvalue weighted by Gasteiger charge is 2.21. The van der Waals surface area contributed by atoms with Crippen molar-refractivity contribution < 1.29 is 0 Å². The fraction of sp³-hybridized carbons (Fsp3) is 0.647. The molecule has 0 spiro atoms. The van der Waals surface area contributed by atoms with Gasteiger partial charge in [-0.25, -0.2) is 0 Å². The number of benzene rings is 1. The summed E-state index contributed by atoms with van der Waals surface area (Å²) < 4.78 is 0. The Balaban J connectivity index is 1.96. The van der Waals surface area contributed by atoms with Crippen LogP contribution in [0.15, 0.2) is 24.3 Å². The standard InChI is InChI=1S/C17H28N2/c1-4-19(5-2)13-14(3)18-17-12-8-10-15-9-6-7-11-16(15)17/h6-7,9,11,14,17-18H,4-5,8,10,12-13H2,1-3H3. The summed E-state index contributed by atoms with van der Waals surface area (Å²) in [5, 5.41) is 3.83. The zero-order valence-corrected chi connectivity index (χ0v) is 12.7. The first-order chi connectivity index (χ1) is 9.24. The van der Waals surface area contributed by atoms with Crippen molar-refractivity contribution in [2.75, 3.05) is 19.6 Å². The highest BCUT2D eigenvalue weighted by molar-refractivity contribution is 5.32. The molecule has 106 valence electrons.